The van der Waals surface area contributed by atoms with Crippen LogP contribution in [0.15, 0.2) is 34.8 Å². The standard InChI is InChI=1S/C21H18BrF6N3O2/c1-30(2)16-6-3-13(22)17(29-16)14-4-5-15-18(33-19(32)31(14)15)10-7-11(20(23,24)25)9-12(8-10)21(26,27)28/h3,6-9,14-15,18H,4-5H2,1-2H3. The molecular formula is C21H18BrF6N3O2. The number of cyclic esters (lactones) is 1. The predicted molar refractivity (Wildman–Crippen MR) is 110 cm³/mol. The number of ether oxygens (including phenoxy) is 1. The minimum absolute atomic E-state index is 0.0588. The molecule has 2 fully saturated rings. The Balaban J connectivity index is 1.72. The van der Waals surface area contributed by atoms with Crippen LogP contribution in [0.4, 0.5) is 37.0 Å². The topological polar surface area (TPSA) is 45.7 Å². The van der Waals surface area contributed by atoms with Crippen molar-refractivity contribution in [2.45, 2.75) is 43.4 Å². The molecule has 178 valence electrons. The summed E-state index contributed by atoms with van der Waals surface area (Å²) in [6.07, 6.45) is -11.3. The number of pyridine rings is 1. The third kappa shape index (κ3) is 4.36. The Morgan fingerprint density at radius 2 is 1.64 bits per heavy atom. The van der Waals surface area contributed by atoms with Crippen molar-refractivity contribution in [3.05, 3.63) is 57.2 Å². The van der Waals surface area contributed by atoms with Gasteiger partial charge in [0, 0.05) is 18.6 Å². The predicted octanol–water partition coefficient (Wildman–Crippen LogP) is 6.34. The SMILES string of the molecule is CN(C)c1ccc(Br)c(C2CCC3C(c4cc(C(F)(F)F)cc(C(F)(F)F)c4)OC(=O)N23)n1. The Hall–Kier alpha value is -2.50. The maximum Gasteiger partial charge on any atom is 0.416 e. The van der Waals surface area contributed by atoms with E-state index in [1.54, 1.807) is 31.1 Å². The van der Waals surface area contributed by atoms with E-state index in [2.05, 4.69) is 20.9 Å². The highest BCUT2D eigenvalue weighted by atomic mass is 79.9. The van der Waals surface area contributed by atoms with Gasteiger partial charge in [-0.3, -0.25) is 4.90 Å². The molecule has 1 amide bonds. The van der Waals surface area contributed by atoms with Crippen molar-refractivity contribution in [1.82, 2.24) is 9.88 Å². The van der Waals surface area contributed by atoms with Gasteiger partial charge < -0.3 is 9.64 Å². The van der Waals surface area contributed by atoms with Crippen molar-refractivity contribution >= 4 is 27.8 Å². The molecule has 3 unspecified atom stereocenters. The monoisotopic (exact) mass is 537 g/mol. The van der Waals surface area contributed by atoms with Gasteiger partial charge in [-0.05, 0) is 64.7 Å². The van der Waals surface area contributed by atoms with Gasteiger partial charge in [0.15, 0.2) is 0 Å². The lowest BCUT2D eigenvalue weighted by Crippen LogP contribution is -2.31. The average Bonchev–Trinajstić information content (AvgIpc) is 3.28. The molecule has 5 nitrogen and oxygen atoms in total. The van der Waals surface area contributed by atoms with Gasteiger partial charge >= 0.3 is 18.4 Å². The summed E-state index contributed by atoms with van der Waals surface area (Å²) in [6.45, 7) is 0. The number of fused-ring (bicyclic) bond motifs is 1. The average molecular weight is 538 g/mol. The normalized spacial score (nSPS) is 23.0. The van der Waals surface area contributed by atoms with Gasteiger partial charge in [0.05, 0.1) is 28.9 Å². The van der Waals surface area contributed by atoms with Crippen molar-refractivity contribution in [3.8, 4) is 0 Å². The summed E-state index contributed by atoms with van der Waals surface area (Å²) in [7, 11) is 3.59. The number of aromatic nitrogens is 1. The zero-order valence-corrected chi connectivity index (χ0v) is 18.9. The molecule has 4 rings (SSSR count). The molecule has 0 N–H and O–H groups in total. The fourth-order valence-electron chi connectivity index (χ4n) is 4.28. The Kier molecular flexibility index (Phi) is 5.78. The molecule has 0 radical (unpaired) electrons. The fourth-order valence-corrected chi connectivity index (χ4v) is 4.76. The van der Waals surface area contributed by atoms with Gasteiger partial charge in [-0.15, -0.1) is 0 Å². The summed E-state index contributed by atoms with van der Waals surface area (Å²) in [5.41, 5.74) is -2.69. The Bertz CT molecular complexity index is 1060. The molecule has 0 spiro atoms. The highest BCUT2D eigenvalue weighted by molar-refractivity contribution is 9.10. The molecule has 12 heteroatoms. The first-order valence-corrected chi connectivity index (χ1v) is 10.7. The number of hydrogen-bond acceptors (Lipinski definition) is 4. The van der Waals surface area contributed by atoms with Gasteiger partial charge in [-0.25, -0.2) is 9.78 Å². The maximum atomic E-state index is 13.3. The van der Waals surface area contributed by atoms with E-state index in [1.807, 2.05) is 0 Å². The van der Waals surface area contributed by atoms with Crippen LogP contribution in [0, 0.1) is 0 Å². The van der Waals surface area contributed by atoms with Crippen LogP contribution in [-0.4, -0.2) is 36.1 Å². The molecule has 2 aliphatic rings. The second kappa shape index (κ2) is 8.07. The highest BCUT2D eigenvalue weighted by Crippen LogP contribution is 2.49. The quantitative estimate of drug-likeness (QED) is 0.428. The van der Waals surface area contributed by atoms with E-state index >= 15 is 0 Å². The summed E-state index contributed by atoms with van der Waals surface area (Å²) in [5, 5.41) is 0. The van der Waals surface area contributed by atoms with Crippen LogP contribution in [0.5, 0.6) is 0 Å². The molecular weight excluding hydrogens is 520 g/mol. The van der Waals surface area contributed by atoms with Crippen molar-refractivity contribution < 1.29 is 35.9 Å². The largest absolute Gasteiger partial charge is 0.439 e. The lowest BCUT2D eigenvalue weighted by Gasteiger charge is -2.24. The molecule has 1 aromatic heterocycles. The van der Waals surface area contributed by atoms with Crippen LogP contribution in [0.25, 0.3) is 0 Å². The van der Waals surface area contributed by atoms with E-state index in [0.717, 1.165) is 0 Å². The number of benzene rings is 1. The minimum Gasteiger partial charge on any atom is -0.439 e. The fraction of sp³-hybridized carbons (Fsp3) is 0.429. The Morgan fingerprint density at radius 1 is 1.03 bits per heavy atom. The van der Waals surface area contributed by atoms with E-state index in [9.17, 15) is 31.1 Å². The Labute approximate surface area is 193 Å². The zero-order valence-electron chi connectivity index (χ0n) is 17.3. The number of nitrogens with zero attached hydrogens (tertiary/aromatic N) is 3. The van der Waals surface area contributed by atoms with Crippen LogP contribution < -0.4 is 4.90 Å². The lowest BCUT2D eigenvalue weighted by molar-refractivity contribution is -0.143. The number of amides is 1. The molecule has 0 aliphatic carbocycles. The van der Waals surface area contributed by atoms with Crippen LogP contribution in [0.2, 0.25) is 0 Å². The van der Waals surface area contributed by atoms with E-state index in [0.29, 0.717) is 41.0 Å². The number of anilines is 1. The number of rotatable bonds is 3. The van der Waals surface area contributed by atoms with E-state index in [4.69, 9.17) is 4.74 Å². The number of hydrogen-bond donors (Lipinski definition) is 0. The van der Waals surface area contributed by atoms with Crippen LogP contribution in [0.3, 0.4) is 0 Å². The molecule has 3 heterocycles. The molecule has 33 heavy (non-hydrogen) atoms. The van der Waals surface area contributed by atoms with Gasteiger partial charge in [0.2, 0.25) is 0 Å². The maximum absolute atomic E-state index is 13.3. The molecule has 3 atom stereocenters. The molecule has 2 saturated heterocycles. The number of carbonyl (C=O) groups is 1. The number of alkyl halides is 6. The molecule has 0 saturated carbocycles. The van der Waals surface area contributed by atoms with Gasteiger partial charge in [0.25, 0.3) is 0 Å². The Morgan fingerprint density at radius 3 is 2.18 bits per heavy atom. The van der Waals surface area contributed by atoms with Crippen molar-refractivity contribution in [1.29, 1.82) is 0 Å². The molecule has 2 aliphatic heterocycles. The first-order valence-electron chi connectivity index (χ1n) is 9.89. The molecule has 2 aromatic rings. The van der Waals surface area contributed by atoms with E-state index < -0.39 is 47.8 Å². The van der Waals surface area contributed by atoms with Gasteiger partial charge in [0.1, 0.15) is 11.9 Å². The molecule has 1 aromatic carbocycles. The van der Waals surface area contributed by atoms with E-state index in [-0.39, 0.29) is 11.6 Å². The smallest absolute Gasteiger partial charge is 0.416 e. The zero-order chi connectivity index (χ0) is 24.3. The minimum atomic E-state index is -4.99. The van der Waals surface area contributed by atoms with Crippen LogP contribution in [0.1, 0.15) is 47.4 Å². The second-order valence-corrected chi connectivity index (χ2v) is 9.00. The van der Waals surface area contributed by atoms with Crippen LogP contribution >= 0.6 is 15.9 Å². The van der Waals surface area contributed by atoms with E-state index in [1.165, 1.54) is 4.90 Å². The van der Waals surface area contributed by atoms with Gasteiger partial charge in [-0.1, -0.05) is 0 Å². The summed E-state index contributed by atoms with van der Waals surface area (Å²) in [5.74, 6) is 0.633. The van der Waals surface area contributed by atoms with Crippen LogP contribution in [-0.2, 0) is 17.1 Å². The summed E-state index contributed by atoms with van der Waals surface area (Å²) < 4.78 is 85.7. The lowest BCUT2D eigenvalue weighted by atomic mass is 9.96. The van der Waals surface area contributed by atoms with Crippen molar-refractivity contribution in [3.63, 3.8) is 0 Å². The van der Waals surface area contributed by atoms with Crippen molar-refractivity contribution in [2.75, 3.05) is 19.0 Å². The second-order valence-electron chi connectivity index (χ2n) is 8.14. The number of halogens is 7. The highest BCUT2D eigenvalue weighted by Gasteiger charge is 2.52. The van der Waals surface area contributed by atoms with Crippen molar-refractivity contribution in [2.24, 2.45) is 0 Å². The third-order valence-corrected chi connectivity index (χ3v) is 6.46. The number of carbonyl (C=O) groups excluding carboxylic acids is 1. The third-order valence-electron chi connectivity index (χ3n) is 5.79. The summed E-state index contributed by atoms with van der Waals surface area (Å²) >= 11 is 3.42. The first-order chi connectivity index (χ1) is 15.3. The summed E-state index contributed by atoms with van der Waals surface area (Å²) in [4.78, 5) is 20.4. The van der Waals surface area contributed by atoms with Gasteiger partial charge in [-0.2, -0.15) is 26.3 Å². The first kappa shape index (κ1) is 23.7. The summed E-state index contributed by atoms with van der Waals surface area (Å²) in [6, 6.07) is 3.58. The molecule has 0 bridgehead atoms.